The Hall–Kier alpha value is -2.49. The van der Waals surface area contributed by atoms with Crippen molar-refractivity contribution in [2.24, 2.45) is 5.92 Å². The van der Waals surface area contributed by atoms with Crippen LogP contribution in [0.1, 0.15) is 46.4 Å². The first-order valence-electron chi connectivity index (χ1n) is 12.6. The molecule has 3 saturated heterocycles. The molecular formula is C25H32ClN5O4. The van der Waals surface area contributed by atoms with E-state index in [2.05, 4.69) is 20.0 Å². The van der Waals surface area contributed by atoms with E-state index in [9.17, 15) is 19.2 Å². The quantitative estimate of drug-likeness (QED) is 0.462. The summed E-state index contributed by atoms with van der Waals surface area (Å²) < 4.78 is 0. The first kappa shape index (κ1) is 24.2. The Morgan fingerprint density at radius 3 is 2.23 bits per heavy atom. The lowest BCUT2D eigenvalue weighted by Gasteiger charge is -2.39. The van der Waals surface area contributed by atoms with Gasteiger partial charge >= 0.3 is 0 Å². The Balaban J connectivity index is 1.18. The molecule has 1 N–H and O–H groups in total. The summed E-state index contributed by atoms with van der Waals surface area (Å²) in [6.07, 6.45) is 2.47. The van der Waals surface area contributed by atoms with E-state index in [-0.39, 0.29) is 18.7 Å². The fourth-order valence-electron chi connectivity index (χ4n) is 5.71. The minimum atomic E-state index is -0.934. The minimum Gasteiger partial charge on any atom is -0.371 e. The Labute approximate surface area is 210 Å². The van der Waals surface area contributed by atoms with Crippen LogP contribution < -0.4 is 10.2 Å². The molecule has 0 aromatic heterocycles. The predicted molar refractivity (Wildman–Crippen MR) is 132 cm³/mol. The molecule has 0 aliphatic carbocycles. The van der Waals surface area contributed by atoms with E-state index in [1.165, 1.54) is 0 Å². The molecule has 4 amide bonds. The molecule has 1 atom stereocenters. The molecular weight excluding hydrogens is 470 g/mol. The van der Waals surface area contributed by atoms with E-state index in [1.807, 2.05) is 6.07 Å². The Kier molecular flexibility index (Phi) is 7.09. The second-order valence-electron chi connectivity index (χ2n) is 9.94. The first-order valence-corrected chi connectivity index (χ1v) is 13.1. The van der Waals surface area contributed by atoms with Crippen LogP contribution >= 0.6 is 11.6 Å². The van der Waals surface area contributed by atoms with E-state index in [4.69, 9.17) is 11.6 Å². The molecule has 4 heterocycles. The minimum absolute atomic E-state index is 0.118. The van der Waals surface area contributed by atoms with Crippen LogP contribution in [-0.4, -0.2) is 103 Å². The van der Waals surface area contributed by atoms with Crippen molar-refractivity contribution in [2.45, 2.75) is 31.7 Å². The van der Waals surface area contributed by atoms with Gasteiger partial charge in [0.1, 0.15) is 6.04 Å². The number of nitrogens with zero attached hydrogens (tertiary/aromatic N) is 4. The lowest BCUT2D eigenvalue weighted by molar-refractivity contribution is -0.136. The fraction of sp³-hybridized carbons (Fsp3) is 0.600. The zero-order chi connectivity index (χ0) is 24.5. The van der Waals surface area contributed by atoms with Crippen molar-refractivity contribution in [1.82, 2.24) is 20.0 Å². The van der Waals surface area contributed by atoms with Crippen LogP contribution in [0.15, 0.2) is 18.2 Å². The average molecular weight is 502 g/mol. The Bertz CT molecular complexity index is 1020. The second-order valence-corrected chi connectivity index (χ2v) is 10.3. The highest BCUT2D eigenvalue weighted by molar-refractivity contribution is 6.23. The van der Waals surface area contributed by atoms with Crippen LogP contribution in [0.2, 0.25) is 0 Å². The van der Waals surface area contributed by atoms with Gasteiger partial charge in [0.25, 0.3) is 11.8 Å². The molecule has 188 valence electrons. The summed E-state index contributed by atoms with van der Waals surface area (Å²) >= 11 is 5.87. The third kappa shape index (κ3) is 4.94. The molecule has 0 radical (unpaired) electrons. The number of alkyl halides is 1. The molecule has 1 aromatic rings. The maximum atomic E-state index is 13.1. The van der Waals surface area contributed by atoms with Gasteiger partial charge in [-0.15, -0.1) is 11.6 Å². The van der Waals surface area contributed by atoms with Crippen LogP contribution in [0.25, 0.3) is 0 Å². The molecule has 9 nitrogen and oxygen atoms in total. The molecule has 4 aliphatic rings. The Morgan fingerprint density at radius 1 is 0.857 bits per heavy atom. The monoisotopic (exact) mass is 501 g/mol. The van der Waals surface area contributed by atoms with Gasteiger partial charge in [-0.2, -0.15) is 0 Å². The number of carbonyl (C=O) groups is 4. The highest BCUT2D eigenvalue weighted by Crippen LogP contribution is 2.32. The molecule has 4 aliphatic heterocycles. The lowest BCUT2D eigenvalue weighted by atomic mass is 9.95. The highest BCUT2D eigenvalue weighted by atomic mass is 35.5. The van der Waals surface area contributed by atoms with Crippen LogP contribution in [0, 0.1) is 5.92 Å². The van der Waals surface area contributed by atoms with E-state index in [0.717, 1.165) is 75.8 Å². The van der Waals surface area contributed by atoms with Crippen molar-refractivity contribution >= 4 is 40.9 Å². The zero-order valence-corrected chi connectivity index (χ0v) is 20.6. The van der Waals surface area contributed by atoms with Crippen molar-refractivity contribution in [3.63, 3.8) is 0 Å². The van der Waals surface area contributed by atoms with Gasteiger partial charge in [0.2, 0.25) is 11.8 Å². The fourth-order valence-corrected chi connectivity index (χ4v) is 5.95. The molecule has 3 fully saturated rings. The smallest absolute Gasteiger partial charge is 0.262 e. The molecule has 35 heavy (non-hydrogen) atoms. The van der Waals surface area contributed by atoms with Gasteiger partial charge in [-0.1, -0.05) is 0 Å². The van der Waals surface area contributed by atoms with E-state index < -0.39 is 23.8 Å². The number of halogens is 1. The molecule has 5 rings (SSSR count). The summed E-state index contributed by atoms with van der Waals surface area (Å²) in [6, 6.07) is 4.45. The number of amides is 4. The van der Waals surface area contributed by atoms with Gasteiger partial charge in [0.05, 0.1) is 11.1 Å². The summed E-state index contributed by atoms with van der Waals surface area (Å²) in [6.45, 7) is 8.29. The molecule has 0 saturated carbocycles. The number of anilines is 1. The van der Waals surface area contributed by atoms with Gasteiger partial charge in [-0.05, 0) is 43.4 Å². The van der Waals surface area contributed by atoms with Gasteiger partial charge in [0, 0.05) is 70.3 Å². The zero-order valence-electron chi connectivity index (χ0n) is 19.9. The van der Waals surface area contributed by atoms with Crippen LogP contribution in [0.3, 0.4) is 0 Å². The van der Waals surface area contributed by atoms with Gasteiger partial charge in [-0.25, -0.2) is 0 Å². The number of imide groups is 2. The molecule has 10 heteroatoms. The number of piperidine rings is 2. The normalized spacial score (nSPS) is 24.8. The van der Waals surface area contributed by atoms with Crippen molar-refractivity contribution in [3.05, 3.63) is 29.3 Å². The van der Waals surface area contributed by atoms with Crippen LogP contribution in [-0.2, 0) is 9.59 Å². The SMILES string of the molecule is O=C1CCC(N2C(=O)c3ccc(N4CCC(CN5CCN(CCCl)CC5)CC4)cc3C2=O)C(=O)N1. The van der Waals surface area contributed by atoms with Crippen LogP contribution in [0.4, 0.5) is 5.69 Å². The number of rotatable bonds is 6. The van der Waals surface area contributed by atoms with Gasteiger partial charge in [0.15, 0.2) is 0 Å². The lowest BCUT2D eigenvalue weighted by Crippen LogP contribution is -2.54. The number of carbonyl (C=O) groups excluding carboxylic acids is 4. The van der Waals surface area contributed by atoms with Gasteiger partial charge in [-0.3, -0.25) is 34.3 Å². The number of fused-ring (bicyclic) bond motifs is 1. The maximum Gasteiger partial charge on any atom is 0.262 e. The summed E-state index contributed by atoms with van der Waals surface area (Å²) in [5.74, 6) is -0.525. The maximum absolute atomic E-state index is 13.1. The molecule has 0 spiro atoms. The van der Waals surface area contributed by atoms with E-state index >= 15 is 0 Å². The summed E-state index contributed by atoms with van der Waals surface area (Å²) in [5, 5.41) is 2.23. The largest absolute Gasteiger partial charge is 0.371 e. The van der Waals surface area contributed by atoms with E-state index in [1.54, 1.807) is 12.1 Å². The van der Waals surface area contributed by atoms with Crippen molar-refractivity contribution < 1.29 is 19.2 Å². The van der Waals surface area contributed by atoms with Gasteiger partial charge < -0.3 is 9.80 Å². The van der Waals surface area contributed by atoms with E-state index in [0.29, 0.717) is 22.9 Å². The average Bonchev–Trinajstić information content (AvgIpc) is 3.10. The number of nitrogens with one attached hydrogen (secondary N) is 1. The third-order valence-corrected chi connectivity index (χ3v) is 7.95. The standard InChI is InChI=1S/C25H32ClN5O4/c26-7-10-28-11-13-29(14-12-28)16-17-5-8-30(9-6-17)18-1-2-19-20(15-18)25(35)31(24(19)34)21-3-4-22(32)27-23(21)33/h1-2,15,17,21H,3-14,16H2,(H,27,32,33). The predicted octanol–water partition coefficient (Wildman–Crippen LogP) is 1.16. The summed E-state index contributed by atoms with van der Waals surface area (Å²) in [4.78, 5) is 58.1. The summed E-state index contributed by atoms with van der Waals surface area (Å²) in [5.41, 5.74) is 1.60. The first-order chi connectivity index (χ1) is 16.9. The van der Waals surface area contributed by atoms with Crippen LogP contribution in [0.5, 0.6) is 0 Å². The van der Waals surface area contributed by atoms with Crippen molar-refractivity contribution in [1.29, 1.82) is 0 Å². The topological polar surface area (TPSA) is 93.3 Å². The number of benzene rings is 1. The molecule has 0 bridgehead atoms. The van der Waals surface area contributed by atoms with Crippen molar-refractivity contribution in [2.75, 3.05) is 63.1 Å². The molecule has 1 aromatic carbocycles. The number of piperazine rings is 1. The summed E-state index contributed by atoms with van der Waals surface area (Å²) in [7, 11) is 0. The number of hydrogen-bond acceptors (Lipinski definition) is 7. The Morgan fingerprint density at radius 2 is 1.54 bits per heavy atom. The third-order valence-electron chi connectivity index (χ3n) is 7.79. The number of hydrogen-bond donors (Lipinski definition) is 1. The van der Waals surface area contributed by atoms with Crippen molar-refractivity contribution in [3.8, 4) is 0 Å². The second kappa shape index (κ2) is 10.2. The molecule has 1 unspecified atom stereocenters. The highest BCUT2D eigenvalue weighted by Gasteiger charge is 2.44.